The monoisotopic (exact) mass is 140 g/mol. The molecule has 0 spiro atoms. The van der Waals surface area contributed by atoms with Gasteiger partial charge in [-0.25, -0.2) is 4.98 Å². The SMILES string of the molecule is C.c1cn2c(n1)COCC2. The number of aromatic nitrogens is 2. The Kier molecular flexibility index (Phi) is 2.06. The second kappa shape index (κ2) is 2.84. The lowest BCUT2D eigenvalue weighted by Gasteiger charge is -2.13. The summed E-state index contributed by atoms with van der Waals surface area (Å²) in [5.41, 5.74) is 0. The molecule has 3 heteroatoms. The van der Waals surface area contributed by atoms with Crippen molar-refractivity contribution in [2.24, 2.45) is 0 Å². The average Bonchev–Trinajstić information content (AvgIpc) is 2.33. The first-order valence-corrected chi connectivity index (χ1v) is 3.04. The fourth-order valence-electron chi connectivity index (χ4n) is 1.01. The van der Waals surface area contributed by atoms with Gasteiger partial charge in [0.05, 0.1) is 6.61 Å². The Balaban J connectivity index is 0.000000500. The molecule has 3 nitrogen and oxygen atoms in total. The second-order valence-corrected chi connectivity index (χ2v) is 2.09. The van der Waals surface area contributed by atoms with Gasteiger partial charge in [-0.3, -0.25) is 0 Å². The molecule has 1 aliphatic heterocycles. The molecule has 1 aliphatic rings. The van der Waals surface area contributed by atoms with Crippen LogP contribution in [0, 0.1) is 0 Å². The van der Waals surface area contributed by atoms with Crippen molar-refractivity contribution >= 4 is 0 Å². The first-order valence-electron chi connectivity index (χ1n) is 3.04. The molecule has 0 amide bonds. The maximum absolute atomic E-state index is 5.17. The van der Waals surface area contributed by atoms with E-state index < -0.39 is 0 Å². The Morgan fingerprint density at radius 2 is 2.50 bits per heavy atom. The van der Waals surface area contributed by atoms with Crippen LogP contribution in [0.3, 0.4) is 0 Å². The van der Waals surface area contributed by atoms with Crippen molar-refractivity contribution in [1.82, 2.24) is 9.55 Å². The van der Waals surface area contributed by atoms with Crippen LogP contribution in [-0.4, -0.2) is 16.2 Å². The maximum Gasteiger partial charge on any atom is 0.134 e. The van der Waals surface area contributed by atoms with Crippen LogP contribution in [0.4, 0.5) is 0 Å². The van der Waals surface area contributed by atoms with Crippen molar-refractivity contribution in [3.8, 4) is 0 Å². The largest absolute Gasteiger partial charge is 0.372 e. The highest BCUT2D eigenvalue weighted by Crippen LogP contribution is 2.04. The van der Waals surface area contributed by atoms with E-state index in [0.29, 0.717) is 6.61 Å². The van der Waals surface area contributed by atoms with Crippen LogP contribution in [0.2, 0.25) is 0 Å². The molecule has 0 atom stereocenters. The van der Waals surface area contributed by atoms with Crippen LogP contribution in [0.1, 0.15) is 13.3 Å². The Labute approximate surface area is 60.6 Å². The van der Waals surface area contributed by atoms with E-state index in [4.69, 9.17) is 4.74 Å². The third-order valence-corrected chi connectivity index (χ3v) is 1.51. The minimum Gasteiger partial charge on any atom is -0.372 e. The topological polar surface area (TPSA) is 27.1 Å². The van der Waals surface area contributed by atoms with Crippen LogP contribution in [-0.2, 0) is 17.9 Å². The zero-order valence-corrected chi connectivity index (χ0v) is 5.08. The number of nitrogens with zero attached hydrogens (tertiary/aromatic N) is 2. The number of imidazole rings is 1. The smallest absolute Gasteiger partial charge is 0.134 e. The van der Waals surface area contributed by atoms with Gasteiger partial charge in [-0.15, -0.1) is 0 Å². The van der Waals surface area contributed by atoms with Gasteiger partial charge in [-0.05, 0) is 0 Å². The third kappa shape index (κ3) is 1.04. The number of rotatable bonds is 0. The number of hydrogen-bond donors (Lipinski definition) is 0. The zero-order valence-electron chi connectivity index (χ0n) is 5.08. The van der Waals surface area contributed by atoms with Crippen LogP contribution in [0.5, 0.6) is 0 Å². The second-order valence-electron chi connectivity index (χ2n) is 2.09. The minimum atomic E-state index is 0. The highest BCUT2D eigenvalue weighted by atomic mass is 16.5. The first-order chi connectivity index (χ1) is 4.47. The van der Waals surface area contributed by atoms with E-state index in [9.17, 15) is 0 Å². The molecule has 0 unspecified atom stereocenters. The molecule has 0 aliphatic carbocycles. The molecule has 0 saturated carbocycles. The summed E-state index contributed by atoms with van der Waals surface area (Å²) >= 11 is 0. The Morgan fingerprint density at radius 3 is 3.30 bits per heavy atom. The predicted octanol–water partition coefficient (Wildman–Crippen LogP) is 1.05. The summed E-state index contributed by atoms with van der Waals surface area (Å²) in [6.07, 6.45) is 3.79. The number of ether oxygens (including phenoxy) is 1. The van der Waals surface area contributed by atoms with Gasteiger partial charge in [0.25, 0.3) is 0 Å². The molecule has 1 aromatic rings. The Hall–Kier alpha value is -0.830. The Bertz CT molecular complexity index is 187. The predicted molar refractivity (Wildman–Crippen MR) is 38.6 cm³/mol. The molecule has 0 aromatic carbocycles. The molecular formula is C7H12N2O. The summed E-state index contributed by atoms with van der Waals surface area (Å²) in [5.74, 6) is 1.04. The van der Waals surface area contributed by atoms with E-state index >= 15 is 0 Å². The van der Waals surface area contributed by atoms with Gasteiger partial charge in [0.1, 0.15) is 12.4 Å². The van der Waals surface area contributed by atoms with E-state index in [-0.39, 0.29) is 7.43 Å². The summed E-state index contributed by atoms with van der Waals surface area (Å²) < 4.78 is 7.29. The van der Waals surface area contributed by atoms with Crippen molar-refractivity contribution < 1.29 is 4.74 Å². The normalized spacial score (nSPS) is 15.6. The van der Waals surface area contributed by atoms with Crippen LogP contribution >= 0.6 is 0 Å². The van der Waals surface area contributed by atoms with Crippen LogP contribution in [0.25, 0.3) is 0 Å². The number of hydrogen-bond acceptors (Lipinski definition) is 2. The lowest BCUT2D eigenvalue weighted by molar-refractivity contribution is 0.0816. The van der Waals surface area contributed by atoms with E-state index in [1.165, 1.54) is 0 Å². The molecule has 56 valence electrons. The van der Waals surface area contributed by atoms with Crippen molar-refractivity contribution in [2.75, 3.05) is 6.61 Å². The molecular weight excluding hydrogens is 128 g/mol. The standard InChI is InChI=1S/C6H8N2O.CH4/c1-2-8-3-4-9-5-6(8)7-1;/h1-2H,3-5H2;1H4. The van der Waals surface area contributed by atoms with E-state index in [2.05, 4.69) is 9.55 Å². The Morgan fingerprint density at radius 1 is 1.60 bits per heavy atom. The third-order valence-electron chi connectivity index (χ3n) is 1.51. The van der Waals surface area contributed by atoms with E-state index in [1.807, 2.05) is 12.4 Å². The molecule has 0 bridgehead atoms. The molecule has 0 saturated heterocycles. The molecule has 2 rings (SSSR count). The van der Waals surface area contributed by atoms with Gasteiger partial charge in [0.15, 0.2) is 0 Å². The van der Waals surface area contributed by atoms with Gasteiger partial charge >= 0.3 is 0 Å². The molecule has 0 fully saturated rings. The van der Waals surface area contributed by atoms with Gasteiger partial charge in [0, 0.05) is 18.9 Å². The quantitative estimate of drug-likeness (QED) is 0.538. The fourth-order valence-corrected chi connectivity index (χ4v) is 1.01. The van der Waals surface area contributed by atoms with Crippen LogP contribution in [0.15, 0.2) is 12.4 Å². The summed E-state index contributed by atoms with van der Waals surface area (Å²) in [7, 11) is 0. The summed E-state index contributed by atoms with van der Waals surface area (Å²) in [6.45, 7) is 2.45. The number of fused-ring (bicyclic) bond motifs is 1. The van der Waals surface area contributed by atoms with Crippen molar-refractivity contribution in [3.05, 3.63) is 18.2 Å². The summed E-state index contributed by atoms with van der Waals surface area (Å²) in [6, 6.07) is 0. The molecule has 0 N–H and O–H groups in total. The van der Waals surface area contributed by atoms with Crippen LogP contribution < -0.4 is 0 Å². The first kappa shape index (κ1) is 7.28. The van der Waals surface area contributed by atoms with Crippen molar-refractivity contribution in [2.45, 2.75) is 20.6 Å². The molecule has 0 radical (unpaired) electrons. The highest BCUT2D eigenvalue weighted by Gasteiger charge is 2.06. The summed E-state index contributed by atoms with van der Waals surface area (Å²) in [5, 5.41) is 0. The van der Waals surface area contributed by atoms with Crippen molar-refractivity contribution in [3.63, 3.8) is 0 Å². The maximum atomic E-state index is 5.17. The van der Waals surface area contributed by atoms with E-state index in [0.717, 1.165) is 19.0 Å². The van der Waals surface area contributed by atoms with Gasteiger partial charge in [0.2, 0.25) is 0 Å². The average molecular weight is 140 g/mol. The van der Waals surface area contributed by atoms with Gasteiger partial charge in [-0.2, -0.15) is 0 Å². The fraction of sp³-hybridized carbons (Fsp3) is 0.571. The highest BCUT2D eigenvalue weighted by molar-refractivity contribution is 4.91. The zero-order chi connectivity index (χ0) is 6.10. The summed E-state index contributed by atoms with van der Waals surface area (Å²) in [4.78, 5) is 4.09. The lowest BCUT2D eigenvalue weighted by Crippen LogP contribution is -2.15. The lowest BCUT2D eigenvalue weighted by atomic mass is 10.5. The molecule has 1 aromatic heterocycles. The van der Waals surface area contributed by atoms with Gasteiger partial charge in [-0.1, -0.05) is 7.43 Å². The molecule has 2 heterocycles. The van der Waals surface area contributed by atoms with Crippen molar-refractivity contribution in [1.29, 1.82) is 0 Å². The minimum absolute atomic E-state index is 0. The van der Waals surface area contributed by atoms with Gasteiger partial charge < -0.3 is 9.30 Å². The van der Waals surface area contributed by atoms with E-state index in [1.54, 1.807) is 0 Å². The molecule has 10 heavy (non-hydrogen) atoms.